The number of carbonyl (C=O) groups is 2. The second-order valence-corrected chi connectivity index (χ2v) is 8.27. The Kier molecular flexibility index (Phi) is 8.20. The molecule has 2 N–H and O–H groups in total. The summed E-state index contributed by atoms with van der Waals surface area (Å²) < 4.78 is 43.5. The molecule has 0 radical (unpaired) electrons. The number of hydrogen-bond donors (Lipinski definition) is 2. The van der Waals surface area contributed by atoms with Gasteiger partial charge in [-0.25, -0.2) is 0 Å². The van der Waals surface area contributed by atoms with Gasteiger partial charge < -0.3 is 20.1 Å². The molecule has 10 heteroatoms. The lowest BCUT2D eigenvalue weighted by Crippen LogP contribution is -2.47. The number of nitrogens with one attached hydrogen (secondary N) is 1. The molecule has 6 nitrogen and oxygen atoms in total. The van der Waals surface area contributed by atoms with Crippen molar-refractivity contribution in [2.75, 3.05) is 26.2 Å². The van der Waals surface area contributed by atoms with Gasteiger partial charge in [-0.15, -0.1) is 0 Å². The lowest BCUT2D eigenvalue weighted by atomic mass is 9.96. The van der Waals surface area contributed by atoms with Gasteiger partial charge in [0, 0.05) is 30.2 Å². The van der Waals surface area contributed by atoms with Crippen molar-refractivity contribution in [2.24, 2.45) is 5.92 Å². The summed E-state index contributed by atoms with van der Waals surface area (Å²) in [7, 11) is 0. The minimum atomic E-state index is -4.49. The number of amides is 2. The van der Waals surface area contributed by atoms with Crippen LogP contribution in [-0.4, -0.2) is 54.2 Å². The second kappa shape index (κ2) is 10.9. The average Bonchev–Trinajstić information content (AvgIpc) is 2.81. The molecule has 178 valence electrons. The summed E-state index contributed by atoms with van der Waals surface area (Å²) in [5.41, 5.74) is -0.361. The number of aliphatic hydroxyl groups excluding tert-OH is 1. The van der Waals surface area contributed by atoms with Crippen molar-refractivity contribution in [3.8, 4) is 5.75 Å². The van der Waals surface area contributed by atoms with E-state index in [1.165, 1.54) is 12.1 Å². The molecule has 0 bridgehead atoms. The fraction of sp³-hybridized carbons (Fsp3) is 0.391. The standard InChI is InChI=1S/C23H24ClF3N2O4/c24-18-8-6-15(7-9-18)22(32)29-10-2-3-16(13-29)21(31)28-12-19(30)14-33-20-5-1-4-17(11-20)23(25,26)27/h1,4-9,11,16,19,30H,2-3,10,12-14H2,(H,28,31). The first kappa shape index (κ1) is 24.9. The molecule has 1 fully saturated rings. The Morgan fingerprint density at radius 2 is 1.94 bits per heavy atom. The Bertz CT molecular complexity index is 969. The fourth-order valence-electron chi connectivity index (χ4n) is 3.53. The summed E-state index contributed by atoms with van der Waals surface area (Å²) in [4.78, 5) is 26.8. The predicted octanol–water partition coefficient (Wildman–Crippen LogP) is 3.77. The predicted molar refractivity (Wildman–Crippen MR) is 116 cm³/mol. The lowest BCUT2D eigenvalue weighted by Gasteiger charge is -2.32. The highest BCUT2D eigenvalue weighted by molar-refractivity contribution is 6.30. The molecule has 1 heterocycles. The molecule has 1 aliphatic heterocycles. The maximum absolute atomic E-state index is 12.8. The number of rotatable bonds is 7. The summed E-state index contributed by atoms with van der Waals surface area (Å²) in [5, 5.41) is 13.2. The molecule has 2 atom stereocenters. The highest BCUT2D eigenvalue weighted by atomic mass is 35.5. The van der Waals surface area contributed by atoms with Gasteiger partial charge in [-0.2, -0.15) is 13.2 Å². The van der Waals surface area contributed by atoms with Crippen molar-refractivity contribution in [2.45, 2.75) is 25.1 Å². The van der Waals surface area contributed by atoms with Crippen LogP contribution >= 0.6 is 11.6 Å². The number of alkyl halides is 3. The van der Waals surface area contributed by atoms with Crippen LogP contribution in [0, 0.1) is 5.92 Å². The summed E-state index contributed by atoms with van der Waals surface area (Å²) in [5.74, 6) is -0.939. The zero-order valence-electron chi connectivity index (χ0n) is 17.6. The number of halogens is 4. The van der Waals surface area contributed by atoms with Gasteiger partial charge in [0.15, 0.2) is 0 Å². The van der Waals surface area contributed by atoms with Crippen LogP contribution in [0.25, 0.3) is 0 Å². The third-order valence-corrected chi connectivity index (χ3v) is 5.54. The van der Waals surface area contributed by atoms with Crippen molar-refractivity contribution < 1.29 is 32.6 Å². The third kappa shape index (κ3) is 7.10. The van der Waals surface area contributed by atoms with Crippen molar-refractivity contribution in [3.05, 3.63) is 64.7 Å². The largest absolute Gasteiger partial charge is 0.491 e. The van der Waals surface area contributed by atoms with E-state index in [2.05, 4.69) is 5.32 Å². The van der Waals surface area contributed by atoms with Gasteiger partial charge in [-0.05, 0) is 55.3 Å². The number of ether oxygens (including phenoxy) is 1. The normalized spacial score (nSPS) is 17.4. The highest BCUT2D eigenvalue weighted by Crippen LogP contribution is 2.31. The van der Waals surface area contributed by atoms with Crippen molar-refractivity contribution in [1.82, 2.24) is 10.2 Å². The van der Waals surface area contributed by atoms with Crippen LogP contribution in [0.1, 0.15) is 28.8 Å². The summed E-state index contributed by atoms with van der Waals surface area (Å²) >= 11 is 5.86. The molecule has 2 unspecified atom stereocenters. The van der Waals surface area contributed by atoms with Crippen molar-refractivity contribution >= 4 is 23.4 Å². The maximum Gasteiger partial charge on any atom is 0.416 e. The third-order valence-electron chi connectivity index (χ3n) is 5.29. The number of benzene rings is 2. The van der Waals surface area contributed by atoms with Crippen LogP contribution in [0.5, 0.6) is 5.75 Å². The quantitative estimate of drug-likeness (QED) is 0.627. The van der Waals surface area contributed by atoms with E-state index in [4.69, 9.17) is 16.3 Å². The van der Waals surface area contributed by atoms with Gasteiger partial charge in [0.25, 0.3) is 5.91 Å². The number of hydrogen-bond acceptors (Lipinski definition) is 4. The summed E-state index contributed by atoms with van der Waals surface area (Å²) in [6.07, 6.45) is -4.33. The molecule has 1 aliphatic rings. The second-order valence-electron chi connectivity index (χ2n) is 7.83. The van der Waals surface area contributed by atoms with Gasteiger partial charge >= 0.3 is 6.18 Å². The molecule has 1 saturated heterocycles. The Morgan fingerprint density at radius 3 is 2.64 bits per heavy atom. The van der Waals surface area contributed by atoms with Crippen LogP contribution < -0.4 is 10.1 Å². The van der Waals surface area contributed by atoms with Crippen molar-refractivity contribution in [1.29, 1.82) is 0 Å². The van der Waals surface area contributed by atoms with E-state index in [0.717, 1.165) is 12.1 Å². The van der Waals surface area contributed by atoms with Gasteiger partial charge in [-0.1, -0.05) is 17.7 Å². The zero-order chi connectivity index (χ0) is 24.0. The molecule has 2 aromatic carbocycles. The molecular weight excluding hydrogens is 461 g/mol. The van der Waals surface area contributed by atoms with E-state index in [0.29, 0.717) is 30.0 Å². The van der Waals surface area contributed by atoms with E-state index in [-0.39, 0.29) is 37.3 Å². The van der Waals surface area contributed by atoms with Gasteiger partial charge in [0.2, 0.25) is 5.91 Å². The smallest absolute Gasteiger partial charge is 0.416 e. The van der Waals surface area contributed by atoms with Crippen LogP contribution in [0.2, 0.25) is 5.02 Å². The molecule has 0 aromatic heterocycles. The number of piperidine rings is 1. The molecule has 0 saturated carbocycles. The number of likely N-dealkylation sites (tertiary alicyclic amines) is 1. The van der Waals surface area contributed by atoms with Gasteiger partial charge in [0.05, 0.1) is 11.5 Å². The topological polar surface area (TPSA) is 78.9 Å². The first-order chi connectivity index (χ1) is 15.6. The zero-order valence-corrected chi connectivity index (χ0v) is 18.4. The van der Waals surface area contributed by atoms with Crippen LogP contribution in [0.15, 0.2) is 48.5 Å². The van der Waals surface area contributed by atoms with Crippen LogP contribution in [0.3, 0.4) is 0 Å². The fourth-order valence-corrected chi connectivity index (χ4v) is 3.65. The first-order valence-electron chi connectivity index (χ1n) is 10.4. The van der Waals surface area contributed by atoms with E-state index in [1.54, 1.807) is 29.2 Å². The number of carbonyl (C=O) groups excluding carboxylic acids is 2. The minimum Gasteiger partial charge on any atom is -0.491 e. The monoisotopic (exact) mass is 484 g/mol. The Hall–Kier alpha value is -2.78. The van der Waals surface area contributed by atoms with E-state index < -0.39 is 23.8 Å². The SMILES string of the molecule is O=C(NCC(O)COc1cccc(C(F)(F)F)c1)C1CCCN(C(=O)c2ccc(Cl)cc2)C1. The van der Waals surface area contributed by atoms with E-state index in [9.17, 15) is 27.9 Å². The van der Waals surface area contributed by atoms with Crippen molar-refractivity contribution in [3.63, 3.8) is 0 Å². The van der Waals surface area contributed by atoms with E-state index in [1.807, 2.05) is 0 Å². The van der Waals surface area contributed by atoms with Crippen LogP contribution in [-0.2, 0) is 11.0 Å². The van der Waals surface area contributed by atoms with Crippen LogP contribution in [0.4, 0.5) is 13.2 Å². The van der Waals surface area contributed by atoms with Gasteiger partial charge in [0.1, 0.15) is 18.5 Å². The minimum absolute atomic E-state index is 0.0289. The maximum atomic E-state index is 12.8. The first-order valence-corrected chi connectivity index (χ1v) is 10.8. The lowest BCUT2D eigenvalue weighted by molar-refractivity contribution is -0.137. The molecule has 3 rings (SSSR count). The number of aliphatic hydroxyl groups is 1. The highest BCUT2D eigenvalue weighted by Gasteiger charge is 2.31. The summed E-state index contributed by atoms with van der Waals surface area (Å²) in [6.45, 7) is 0.385. The molecule has 33 heavy (non-hydrogen) atoms. The summed E-state index contributed by atoms with van der Waals surface area (Å²) in [6, 6.07) is 10.9. The Labute approximate surface area is 194 Å². The molecular formula is C23H24ClF3N2O4. The van der Waals surface area contributed by atoms with E-state index >= 15 is 0 Å². The Balaban J connectivity index is 1.46. The average molecular weight is 485 g/mol. The molecule has 0 spiro atoms. The molecule has 0 aliphatic carbocycles. The van der Waals surface area contributed by atoms with Gasteiger partial charge in [-0.3, -0.25) is 9.59 Å². The Morgan fingerprint density at radius 1 is 1.21 bits per heavy atom. The molecule has 2 aromatic rings. The number of nitrogens with zero attached hydrogens (tertiary/aromatic N) is 1. The molecule has 2 amide bonds.